The Labute approximate surface area is 88.0 Å². The van der Waals surface area contributed by atoms with Crippen LogP contribution in [-0.2, 0) is 6.42 Å². The van der Waals surface area contributed by atoms with Gasteiger partial charge in [-0.2, -0.15) is 0 Å². The smallest absolute Gasteiger partial charge is 0.125 e. The van der Waals surface area contributed by atoms with Crippen LogP contribution in [0.15, 0.2) is 36.4 Å². The van der Waals surface area contributed by atoms with Gasteiger partial charge >= 0.3 is 0 Å². The van der Waals surface area contributed by atoms with Crippen molar-refractivity contribution in [2.75, 3.05) is 5.73 Å². The van der Waals surface area contributed by atoms with Gasteiger partial charge in [-0.15, -0.1) is 0 Å². The minimum atomic E-state index is 0.287. The van der Waals surface area contributed by atoms with Crippen LogP contribution in [-0.4, -0.2) is 5.11 Å². The molecule has 0 atom stereocenters. The maximum absolute atomic E-state index is 9.88. The highest BCUT2D eigenvalue weighted by molar-refractivity contribution is 5.83. The fraction of sp³-hybridized carbons (Fsp3) is 0.0769. The summed E-state index contributed by atoms with van der Waals surface area (Å²) in [4.78, 5) is 0. The molecule has 0 saturated heterocycles. The number of hydrogen-bond donors (Lipinski definition) is 2. The first-order chi connectivity index (χ1) is 7.25. The maximum Gasteiger partial charge on any atom is 0.125 e. The van der Waals surface area contributed by atoms with Gasteiger partial charge in [0.25, 0.3) is 0 Å². The van der Waals surface area contributed by atoms with Crippen molar-refractivity contribution in [2.45, 2.75) is 6.42 Å². The van der Waals surface area contributed by atoms with Crippen LogP contribution in [0.1, 0.15) is 11.1 Å². The van der Waals surface area contributed by atoms with E-state index in [-0.39, 0.29) is 5.75 Å². The predicted octanol–water partition coefficient (Wildman–Crippen LogP) is 2.55. The molecule has 0 amide bonds. The number of phenolic OH excluding ortho intramolecular Hbond substituents is 1. The second kappa shape index (κ2) is 2.76. The van der Waals surface area contributed by atoms with Crippen molar-refractivity contribution in [3.8, 4) is 16.9 Å². The van der Waals surface area contributed by atoms with Crippen LogP contribution in [0.3, 0.4) is 0 Å². The zero-order chi connectivity index (χ0) is 10.4. The van der Waals surface area contributed by atoms with Crippen LogP contribution >= 0.6 is 0 Å². The molecule has 3 N–H and O–H groups in total. The average Bonchev–Trinajstić information content (AvgIpc) is 2.54. The molecule has 2 heteroatoms. The van der Waals surface area contributed by atoms with Gasteiger partial charge in [0, 0.05) is 17.3 Å². The summed E-state index contributed by atoms with van der Waals surface area (Å²) in [5.41, 5.74) is 10.8. The highest BCUT2D eigenvalue weighted by atomic mass is 16.3. The fourth-order valence-corrected chi connectivity index (χ4v) is 2.28. The minimum absolute atomic E-state index is 0.287. The Kier molecular flexibility index (Phi) is 1.54. The normalized spacial score (nSPS) is 12.3. The van der Waals surface area contributed by atoms with Crippen LogP contribution in [0.4, 0.5) is 5.69 Å². The highest BCUT2D eigenvalue weighted by Gasteiger charge is 2.21. The van der Waals surface area contributed by atoms with Crippen molar-refractivity contribution in [2.24, 2.45) is 0 Å². The fourth-order valence-electron chi connectivity index (χ4n) is 2.28. The predicted molar refractivity (Wildman–Crippen MR) is 60.8 cm³/mol. The van der Waals surface area contributed by atoms with E-state index in [1.165, 1.54) is 5.56 Å². The molecule has 0 fully saturated rings. The summed E-state index contributed by atoms with van der Waals surface area (Å²) in [5.74, 6) is 0.287. The molecule has 0 saturated carbocycles. The van der Waals surface area contributed by atoms with E-state index in [0.29, 0.717) is 5.69 Å². The van der Waals surface area contributed by atoms with Gasteiger partial charge < -0.3 is 10.8 Å². The zero-order valence-electron chi connectivity index (χ0n) is 8.20. The number of anilines is 1. The average molecular weight is 197 g/mol. The Morgan fingerprint density at radius 2 is 1.87 bits per heavy atom. The van der Waals surface area contributed by atoms with Crippen LogP contribution < -0.4 is 5.73 Å². The van der Waals surface area contributed by atoms with E-state index in [4.69, 9.17) is 5.73 Å². The Morgan fingerprint density at radius 3 is 2.73 bits per heavy atom. The summed E-state index contributed by atoms with van der Waals surface area (Å²) >= 11 is 0. The summed E-state index contributed by atoms with van der Waals surface area (Å²) in [6, 6.07) is 11.7. The number of aromatic hydroxyl groups is 1. The SMILES string of the molecule is Nc1cc(O)c2c(c1)Cc1ccccc1-2. The number of rotatable bonds is 0. The van der Waals surface area contributed by atoms with Crippen LogP contribution in [0.5, 0.6) is 5.75 Å². The molecule has 74 valence electrons. The van der Waals surface area contributed by atoms with Gasteiger partial charge in [-0.25, -0.2) is 0 Å². The summed E-state index contributed by atoms with van der Waals surface area (Å²) < 4.78 is 0. The third kappa shape index (κ3) is 1.11. The second-order valence-corrected chi connectivity index (χ2v) is 3.91. The number of fused-ring (bicyclic) bond motifs is 3. The lowest BCUT2D eigenvalue weighted by Crippen LogP contribution is -1.88. The van der Waals surface area contributed by atoms with Gasteiger partial charge in [0.15, 0.2) is 0 Å². The van der Waals surface area contributed by atoms with Gasteiger partial charge in [-0.3, -0.25) is 0 Å². The molecule has 1 aliphatic rings. The lowest BCUT2D eigenvalue weighted by molar-refractivity contribution is 0.477. The van der Waals surface area contributed by atoms with Crippen molar-refractivity contribution < 1.29 is 5.11 Å². The van der Waals surface area contributed by atoms with E-state index >= 15 is 0 Å². The Morgan fingerprint density at radius 1 is 1.07 bits per heavy atom. The van der Waals surface area contributed by atoms with E-state index < -0.39 is 0 Å². The number of hydrogen-bond acceptors (Lipinski definition) is 2. The largest absolute Gasteiger partial charge is 0.507 e. The molecule has 1 aliphatic carbocycles. The molecule has 0 bridgehead atoms. The van der Waals surface area contributed by atoms with E-state index in [0.717, 1.165) is 23.1 Å². The van der Waals surface area contributed by atoms with Crippen LogP contribution in [0.25, 0.3) is 11.1 Å². The molecule has 0 unspecified atom stereocenters. The quantitative estimate of drug-likeness (QED) is 0.544. The maximum atomic E-state index is 9.88. The molecule has 0 aliphatic heterocycles. The monoisotopic (exact) mass is 197 g/mol. The summed E-state index contributed by atoms with van der Waals surface area (Å²) in [6.07, 6.45) is 0.865. The van der Waals surface area contributed by atoms with Crippen molar-refractivity contribution in [3.63, 3.8) is 0 Å². The summed E-state index contributed by atoms with van der Waals surface area (Å²) in [7, 11) is 0. The van der Waals surface area contributed by atoms with Gasteiger partial charge in [-0.1, -0.05) is 24.3 Å². The first-order valence-corrected chi connectivity index (χ1v) is 4.95. The molecule has 0 spiro atoms. The van der Waals surface area contributed by atoms with E-state index in [1.807, 2.05) is 24.3 Å². The van der Waals surface area contributed by atoms with Gasteiger partial charge in [-0.05, 0) is 29.2 Å². The molecule has 0 heterocycles. The first kappa shape index (κ1) is 8.36. The topological polar surface area (TPSA) is 46.2 Å². The standard InChI is InChI=1S/C13H11NO/c14-10-6-9-5-8-3-1-2-4-11(8)13(9)12(15)7-10/h1-4,6-7,15H,5,14H2. The first-order valence-electron chi connectivity index (χ1n) is 4.95. The van der Waals surface area contributed by atoms with Crippen molar-refractivity contribution in [1.29, 1.82) is 0 Å². The molecule has 2 aromatic rings. The Hall–Kier alpha value is -1.96. The molecule has 15 heavy (non-hydrogen) atoms. The number of nitrogens with two attached hydrogens (primary N) is 1. The molecular weight excluding hydrogens is 186 g/mol. The minimum Gasteiger partial charge on any atom is -0.507 e. The molecule has 3 rings (SSSR count). The Bertz CT molecular complexity index is 546. The molecule has 2 aromatic carbocycles. The van der Waals surface area contributed by atoms with Crippen molar-refractivity contribution in [1.82, 2.24) is 0 Å². The summed E-state index contributed by atoms with van der Waals surface area (Å²) in [6.45, 7) is 0. The molecule has 2 nitrogen and oxygen atoms in total. The van der Waals surface area contributed by atoms with Crippen molar-refractivity contribution >= 4 is 5.69 Å². The number of nitrogen functional groups attached to an aromatic ring is 1. The van der Waals surface area contributed by atoms with Gasteiger partial charge in [0.1, 0.15) is 5.75 Å². The zero-order valence-corrected chi connectivity index (χ0v) is 8.20. The number of benzene rings is 2. The van der Waals surface area contributed by atoms with E-state index in [9.17, 15) is 5.11 Å². The van der Waals surface area contributed by atoms with Crippen LogP contribution in [0.2, 0.25) is 0 Å². The molecular formula is C13H11NO. The number of phenols is 1. The van der Waals surface area contributed by atoms with Crippen molar-refractivity contribution in [3.05, 3.63) is 47.5 Å². The second-order valence-electron chi connectivity index (χ2n) is 3.91. The van der Waals surface area contributed by atoms with Gasteiger partial charge in [0.2, 0.25) is 0 Å². The Balaban J connectivity index is 2.33. The third-order valence-electron chi connectivity index (χ3n) is 2.89. The van der Waals surface area contributed by atoms with Gasteiger partial charge in [0.05, 0.1) is 0 Å². The van der Waals surface area contributed by atoms with Crippen LogP contribution in [0, 0.1) is 0 Å². The van der Waals surface area contributed by atoms with E-state index in [2.05, 4.69) is 6.07 Å². The molecule has 0 aromatic heterocycles. The molecule has 0 radical (unpaired) electrons. The lowest BCUT2D eigenvalue weighted by Gasteiger charge is -2.05. The summed E-state index contributed by atoms with van der Waals surface area (Å²) in [5, 5.41) is 9.88. The van der Waals surface area contributed by atoms with E-state index in [1.54, 1.807) is 6.07 Å². The lowest BCUT2D eigenvalue weighted by atomic mass is 10.0. The third-order valence-corrected chi connectivity index (χ3v) is 2.89. The highest BCUT2D eigenvalue weighted by Crippen LogP contribution is 2.42.